The van der Waals surface area contributed by atoms with Crippen molar-refractivity contribution >= 4 is 57.1 Å². The van der Waals surface area contributed by atoms with Crippen LogP contribution in [0.4, 0.5) is 17.1 Å². The Hall–Kier alpha value is -3.09. The lowest BCUT2D eigenvalue weighted by atomic mass is 10.1. The second-order valence-corrected chi connectivity index (χ2v) is 9.67. The molecular formula is C27H26ClN3O2S. The Labute approximate surface area is 209 Å². The minimum Gasteiger partial charge on any atom is -0.497 e. The van der Waals surface area contributed by atoms with E-state index in [1.165, 1.54) is 11.8 Å². The minimum absolute atomic E-state index is 0.136. The molecule has 0 atom stereocenters. The molecule has 0 unspecified atom stereocenters. The SMILES string of the molecule is COc1cccc(C2=Nc3cc(C)c(C)cc3N=C(SCC(=O)Nc3ccc(C)cc3Cl)C2)c1. The van der Waals surface area contributed by atoms with Gasteiger partial charge in [-0.2, -0.15) is 0 Å². The van der Waals surface area contributed by atoms with Gasteiger partial charge in [0.2, 0.25) is 5.91 Å². The zero-order valence-electron chi connectivity index (χ0n) is 19.6. The summed E-state index contributed by atoms with van der Waals surface area (Å²) in [5.74, 6) is 0.849. The first-order valence-corrected chi connectivity index (χ1v) is 12.3. The zero-order chi connectivity index (χ0) is 24.2. The smallest absolute Gasteiger partial charge is 0.234 e. The van der Waals surface area contributed by atoms with Crippen molar-refractivity contribution in [3.05, 3.63) is 81.9 Å². The molecule has 1 aliphatic rings. The highest BCUT2D eigenvalue weighted by atomic mass is 35.5. The van der Waals surface area contributed by atoms with Crippen molar-refractivity contribution in [2.24, 2.45) is 9.98 Å². The Morgan fingerprint density at radius 2 is 1.76 bits per heavy atom. The first kappa shape index (κ1) is 24.0. The van der Waals surface area contributed by atoms with Crippen molar-refractivity contribution in [1.29, 1.82) is 0 Å². The fourth-order valence-electron chi connectivity index (χ4n) is 3.58. The van der Waals surface area contributed by atoms with E-state index in [0.29, 0.717) is 17.1 Å². The summed E-state index contributed by atoms with van der Waals surface area (Å²) >= 11 is 7.68. The number of fused-ring (bicyclic) bond motifs is 1. The van der Waals surface area contributed by atoms with Crippen LogP contribution in [0.1, 0.15) is 28.7 Å². The molecule has 0 spiro atoms. The number of carbonyl (C=O) groups excluding carboxylic acids is 1. The quantitative estimate of drug-likeness (QED) is 0.410. The molecule has 3 aromatic rings. The van der Waals surface area contributed by atoms with Crippen LogP contribution in [0.3, 0.4) is 0 Å². The second-order valence-electron chi connectivity index (χ2n) is 8.22. The number of aliphatic imine (C=N–C) groups is 2. The summed E-state index contributed by atoms with van der Waals surface area (Å²) < 4.78 is 5.41. The third kappa shape index (κ3) is 5.69. The van der Waals surface area contributed by atoms with Crippen molar-refractivity contribution < 1.29 is 9.53 Å². The molecule has 0 aliphatic carbocycles. The lowest BCUT2D eigenvalue weighted by Crippen LogP contribution is -2.16. The van der Waals surface area contributed by atoms with Gasteiger partial charge < -0.3 is 10.1 Å². The third-order valence-corrected chi connectivity index (χ3v) is 6.87. The minimum atomic E-state index is -0.136. The fourth-order valence-corrected chi connectivity index (χ4v) is 4.63. The summed E-state index contributed by atoms with van der Waals surface area (Å²) in [5.41, 5.74) is 7.45. The van der Waals surface area contributed by atoms with Crippen molar-refractivity contribution in [3.63, 3.8) is 0 Å². The first-order valence-electron chi connectivity index (χ1n) is 10.9. The van der Waals surface area contributed by atoms with Gasteiger partial charge in [-0.05, 0) is 73.9 Å². The Balaban J connectivity index is 1.59. The molecule has 7 heteroatoms. The number of benzene rings is 3. The number of hydrogen-bond acceptors (Lipinski definition) is 5. The molecule has 1 aliphatic heterocycles. The molecule has 0 fully saturated rings. The Morgan fingerprint density at radius 3 is 2.47 bits per heavy atom. The van der Waals surface area contributed by atoms with E-state index in [1.54, 1.807) is 7.11 Å². The van der Waals surface area contributed by atoms with Crippen LogP contribution < -0.4 is 10.1 Å². The predicted molar refractivity (Wildman–Crippen MR) is 144 cm³/mol. The summed E-state index contributed by atoms with van der Waals surface area (Å²) in [6, 6.07) is 17.5. The normalized spacial score (nSPS) is 12.9. The number of ether oxygens (including phenoxy) is 1. The van der Waals surface area contributed by atoms with Gasteiger partial charge in [-0.25, -0.2) is 4.99 Å². The standard InChI is InChI=1S/C27H26ClN3O2S/c1-16-8-9-22(21(28)10-16)30-26(32)15-34-27-14-23(19-6-5-7-20(13-19)33-4)29-24-11-17(2)18(3)12-25(24)31-27/h5-13H,14-15H2,1-4H3,(H,30,32). The highest BCUT2D eigenvalue weighted by Crippen LogP contribution is 2.36. The molecule has 0 radical (unpaired) electrons. The monoisotopic (exact) mass is 491 g/mol. The van der Waals surface area contributed by atoms with Gasteiger partial charge in [-0.1, -0.05) is 29.8 Å². The number of amides is 1. The van der Waals surface area contributed by atoms with Crippen LogP contribution in [0.2, 0.25) is 5.02 Å². The number of nitrogens with one attached hydrogen (secondary N) is 1. The van der Waals surface area contributed by atoms with Crippen LogP contribution in [0, 0.1) is 20.8 Å². The summed E-state index contributed by atoms with van der Waals surface area (Å²) in [5, 5.41) is 4.25. The number of nitrogens with zero attached hydrogens (tertiary/aromatic N) is 2. The van der Waals surface area contributed by atoms with E-state index in [2.05, 4.69) is 31.3 Å². The van der Waals surface area contributed by atoms with Crippen LogP contribution in [0.5, 0.6) is 5.75 Å². The van der Waals surface area contributed by atoms with E-state index in [0.717, 1.165) is 50.1 Å². The van der Waals surface area contributed by atoms with Crippen LogP contribution in [-0.2, 0) is 4.79 Å². The summed E-state index contributed by atoms with van der Waals surface area (Å²) in [7, 11) is 1.65. The Bertz CT molecular complexity index is 1320. The number of carbonyl (C=O) groups is 1. The molecule has 1 heterocycles. The van der Waals surface area contributed by atoms with Crippen molar-refractivity contribution in [1.82, 2.24) is 0 Å². The molecular weight excluding hydrogens is 466 g/mol. The fraction of sp³-hybridized carbons (Fsp3) is 0.222. The number of anilines is 1. The van der Waals surface area contributed by atoms with Crippen LogP contribution in [0.25, 0.3) is 0 Å². The highest BCUT2D eigenvalue weighted by Gasteiger charge is 2.18. The molecule has 0 aromatic heterocycles. The number of hydrogen-bond donors (Lipinski definition) is 1. The van der Waals surface area contributed by atoms with Crippen molar-refractivity contribution in [2.45, 2.75) is 27.2 Å². The Morgan fingerprint density at radius 1 is 1.03 bits per heavy atom. The molecule has 1 amide bonds. The maximum Gasteiger partial charge on any atom is 0.234 e. The van der Waals surface area contributed by atoms with Gasteiger partial charge in [0.05, 0.1) is 45.7 Å². The molecule has 34 heavy (non-hydrogen) atoms. The molecule has 1 N–H and O–H groups in total. The van der Waals surface area contributed by atoms with Gasteiger partial charge in [0.25, 0.3) is 0 Å². The maximum absolute atomic E-state index is 12.7. The summed E-state index contributed by atoms with van der Waals surface area (Å²) in [6.45, 7) is 6.09. The first-order chi connectivity index (χ1) is 16.3. The predicted octanol–water partition coefficient (Wildman–Crippen LogP) is 7.20. The maximum atomic E-state index is 12.7. The number of thioether (sulfide) groups is 1. The summed E-state index contributed by atoms with van der Waals surface area (Å²) in [6.07, 6.45) is 0.517. The van der Waals surface area contributed by atoms with Gasteiger partial charge in [-0.3, -0.25) is 9.79 Å². The number of halogens is 1. The lowest BCUT2D eigenvalue weighted by Gasteiger charge is -2.10. The van der Waals surface area contributed by atoms with E-state index < -0.39 is 0 Å². The van der Waals surface area contributed by atoms with E-state index in [4.69, 9.17) is 26.3 Å². The average Bonchev–Trinajstić information content (AvgIpc) is 2.99. The van der Waals surface area contributed by atoms with Gasteiger partial charge in [0, 0.05) is 12.0 Å². The molecule has 174 valence electrons. The zero-order valence-corrected chi connectivity index (χ0v) is 21.2. The van der Waals surface area contributed by atoms with Crippen molar-refractivity contribution in [2.75, 3.05) is 18.2 Å². The van der Waals surface area contributed by atoms with Gasteiger partial charge >= 0.3 is 0 Å². The van der Waals surface area contributed by atoms with Crippen LogP contribution >= 0.6 is 23.4 Å². The van der Waals surface area contributed by atoms with Crippen molar-refractivity contribution in [3.8, 4) is 5.75 Å². The van der Waals surface area contributed by atoms with E-state index in [-0.39, 0.29) is 11.7 Å². The molecule has 4 rings (SSSR count). The molecule has 3 aromatic carbocycles. The van der Waals surface area contributed by atoms with E-state index >= 15 is 0 Å². The van der Waals surface area contributed by atoms with Gasteiger partial charge in [-0.15, -0.1) is 11.8 Å². The highest BCUT2D eigenvalue weighted by molar-refractivity contribution is 8.14. The molecule has 5 nitrogen and oxygen atoms in total. The number of aryl methyl sites for hydroxylation is 3. The number of rotatable bonds is 5. The number of methoxy groups -OCH3 is 1. The lowest BCUT2D eigenvalue weighted by molar-refractivity contribution is -0.113. The Kier molecular flexibility index (Phi) is 7.39. The van der Waals surface area contributed by atoms with Gasteiger partial charge in [0.1, 0.15) is 5.75 Å². The second kappa shape index (κ2) is 10.5. The van der Waals surface area contributed by atoms with E-state index in [1.807, 2.05) is 49.4 Å². The molecule has 0 bridgehead atoms. The van der Waals surface area contributed by atoms with Gasteiger partial charge in [0.15, 0.2) is 0 Å². The molecule has 0 saturated carbocycles. The average molecular weight is 492 g/mol. The van der Waals surface area contributed by atoms with Crippen LogP contribution in [-0.4, -0.2) is 29.5 Å². The van der Waals surface area contributed by atoms with E-state index in [9.17, 15) is 4.79 Å². The summed E-state index contributed by atoms with van der Waals surface area (Å²) in [4.78, 5) is 22.5. The molecule has 0 saturated heterocycles. The third-order valence-electron chi connectivity index (χ3n) is 5.58. The largest absolute Gasteiger partial charge is 0.497 e. The van der Waals surface area contributed by atoms with Crippen LogP contribution in [0.15, 0.2) is 64.6 Å². The topological polar surface area (TPSA) is 63.1 Å².